The molecule has 0 spiro atoms. The van der Waals surface area contributed by atoms with Crippen LogP contribution in [-0.4, -0.2) is 30.4 Å². The third kappa shape index (κ3) is 7.25. The number of rotatable bonds is 10. The fraction of sp³-hybridized carbons (Fsp3) is 0.233. The molecule has 2 atom stereocenters. The zero-order valence-electron chi connectivity index (χ0n) is 21.9. The predicted octanol–water partition coefficient (Wildman–Crippen LogP) is 6.49. The Morgan fingerprint density at radius 3 is 2.36 bits per heavy atom. The van der Waals surface area contributed by atoms with Gasteiger partial charge in [-0.25, -0.2) is 4.79 Å². The van der Waals surface area contributed by atoms with Gasteiger partial charge in [-0.05, 0) is 37.5 Å². The summed E-state index contributed by atoms with van der Waals surface area (Å²) in [5.41, 5.74) is 4.36. The number of amides is 1. The molecule has 202 valence electrons. The molecule has 3 aromatic carbocycles. The minimum absolute atomic E-state index is 0.320. The van der Waals surface area contributed by atoms with Gasteiger partial charge in [-0.3, -0.25) is 10.1 Å². The van der Waals surface area contributed by atoms with Crippen LogP contribution in [0, 0.1) is 6.92 Å². The Morgan fingerprint density at radius 1 is 0.974 bits per heavy atom. The number of ether oxygens (including phenoxy) is 2. The number of anilines is 1. The molecule has 0 aliphatic heterocycles. The van der Waals surface area contributed by atoms with E-state index in [-0.39, 0.29) is 5.97 Å². The number of carbonyl (C=O) groups excluding carboxylic acids is 2. The number of carbonyl (C=O) groups is 2. The average Bonchev–Trinajstić information content (AvgIpc) is 3.31. The van der Waals surface area contributed by atoms with Crippen molar-refractivity contribution < 1.29 is 23.6 Å². The van der Waals surface area contributed by atoms with Gasteiger partial charge in [-0.1, -0.05) is 89.6 Å². The number of hydrogen-bond acceptors (Lipinski definition) is 7. The summed E-state index contributed by atoms with van der Waals surface area (Å²) < 4.78 is 16.0. The summed E-state index contributed by atoms with van der Waals surface area (Å²) in [6.07, 6.45) is -0.684. The summed E-state index contributed by atoms with van der Waals surface area (Å²) in [5, 5.41) is 10.6. The van der Waals surface area contributed by atoms with E-state index in [0.29, 0.717) is 40.7 Å². The molecule has 0 bridgehead atoms. The molecule has 0 saturated carbocycles. The number of halogens is 1. The second kappa shape index (κ2) is 13.1. The Kier molecular flexibility index (Phi) is 9.35. The summed E-state index contributed by atoms with van der Waals surface area (Å²) in [4.78, 5) is 25.0. The number of nitrogens with one attached hydrogen (secondary N) is 2. The van der Waals surface area contributed by atoms with E-state index in [1.54, 1.807) is 19.9 Å². The van der Waals surface area contributed by atoms with E-state index in [9.17, 15) is 9.59 Å². The molecule has 8 nitrogen and oxygen atoms in total. The van der Waals surface area contributed by atoms with Crippen molar-refractivity contribution in [2.75, 3.05) is 12.4 Å². The maximum absolute atomic E-state index is 12.7. The molecule has 0 radical (unpaired) electrons. The Morgan fingerprint density at radius 2 is 1.67 bits per heavy atom. The van der Waals surface area contributed by atoms with Gasteiger partial charge in [0.15, 0.2) is 5.76 Å². The Hall–Kier alpha value is -4.14. The number of nitrogens with zero attached hydrogens (tertiary/aromatic N) is 1. The van der Waals surface area contributed by atoms with Crippen LogP contribution in [0.2, 0.25) is 5.02 Å². The summed E-state index contributed by atoms with van der Waals surface area (Å²) >= 11 is 6.22. The SMILES string of the molecule is COC(=O)[C@@H](Cc1ccccc1)NCc1ccc(-c2onc(C)c2NC(=O)O[C@H](C)c2ccccc2Cl)cc1. The van der Waals surface area contributed by atoms with Crippen LogP contribution in [0.5, 0.6) is 0 Å². The van der Waals surface area contributed by atoms with Crippen molar-refractivity contribution in [3.63, 3.8) is 0 Å². The molecular weight excluding hydrogens is 518 g/mol. The molecule has 0 fully saturated rings. The van der Waals surface area contributed by atoms with Crippen LogP contribution < -0.4 is 10.6 Å². The lowest BCUT2D eigenvalue weighted by Crippen LogP contribution is -2.39. The van der Waals surface area contributed by atoms with Gasteiger partial charge in [0, 0.05) is 22.7 Å². The zero-order valence-corrected chi connectivity index (χ0v) is 22.7. The quantitative estimate of drug-likeness (QED) is 0.219. The van der Waals surface area contributed by atoms with E-state index in [4.69, 9.17) is 25.6 Å². The van der Waals surface area contributed by atoms with Gasteiger partial charge in [0.25, 0.3) is 0 Å². The van der Waals surface area contributed by atoms with Gasteiger partial charge in [-0.2, -0.15) is 0 Å². The summed E-state index contributed by atoms with van der Waals surface area (Å²) in [6, 6.07) is 24.0. The molecule has 4 rings (SSSR count). The van der Waals surface area contributed by atoms with Crippen LogP contribution in [-0.2, 0) is 27.2 Å². The van der Waals surface area contributed by atoms with E-state index in [1.165, 1.54) is 7.11 Å². The number of aryl methyl sites for hydroxylation is 1. The lowest BCUT2D eigenvalue weighted by Gasteiger charge is -2.17. The number of esters is 1. The standard InChI is InChI=1S/C30H30ClN3O5/c1-19-27(33-30(36)38-20(2)24-11-7-8-12-25(24)31)28(39-34-19)23-15-13-22(14-16-23)18-32-26(29(35)37-3)17-21-9-5-4-6-10-21/h4-16,20,26,32H,17-18H2,1-3H3,(H,33,36)/t20-,26-/m1/s1. The molecule has 4 aromatic rings. The van der Waals surface area contributed by atoms with Crippen LogP contribution in [0.4, 0.5) is 10.5 Å². The monoisotopic (exact) mass is 547 g/mol. The molecule has 0 saturated heterocycles. The lowest BCUT2D eigenvalue weighted by molar-refractivity contribution is -0.143. The maximum atomic E-state index is 12.7. The average molecular weight is 548 g/mol. The molecule has 2 N–H and O–H groups in total. The van der Waals surface area contributed by atoms with Gasteiger partial charge in [0.05, 0.1) is 7.11 Å². The first kappa shape index (κ1) is 27.9. The molecule has 0 unspecified atom stereocenters. The predicted molar refractivity (Wildman–Crippen MR) is 149 cm³/mol. The number of aromatic nitrogens is 1. The van der Waals surface area contributed by atoms with Gasteiger partial charge in [0.1, 0.15) is 23.5 Å². The van der Waals surface area contributed by atoms with Crippen LogP contribution in [0.25, 0.3) is 11.3 Å². The van der Waals surface area contributed by atoms with Crippen LogP contribution in [0.3, 0.4) is 0 Å². The largest absolute Gasteiger partial charge is 0.468 e. The summed E-state index contributed by atoms with van der Waals surface area (Å²) in [5.74, 6) is 0.0879. The fourth-order valence-corrected chi connectivity index (χ4v) is 4.41. The number of benzene rings is 3. The van der Waals surface area contributed by atoms with Gasteiger partial charge in [-0.15, -0.1) is 0 Å². The van der Waals surface area contributed by atoms with Crippen molar-refractivity contribution >= 4 is 29.4 Å². The highest BCUT2D eigenvalue weighted by molar-refractivity contribution is 6.31. The van der Waals surface area contributed by atoms with E-state index >= 15 is 0 Å². The summed E-state index contributed by atoms with van der Waals surface area (Å²) in [6.45, 7) is 3.94. The molecule has 1 amide bonds. The first-order valence-electron chi connectivity index (χ1n) is 12.5. The highest BCUT2D eigenvalue weighted by atomic mass is 35.5. The summed E-state index contributed by atoms with van der Waals surface area (Å²) in [7, 11) is 1.38. The smallest absolute Gasteiger partial charge is 0.412 e. The molecule has 0 aliphatic rings. The molecular formula is C30H30ClN3O5. The molecule has 0 aliphatic carbocycles. The van der Waals surface area contributed by atoms with Crippen molar-refractivity contribution in [3.05, 3.63) is 106 Å². The topological polar surface area (TPSA) is 103 Å². The van der Waals surface area contributed by atoms with E-state index in [0.717, 1.165) is 16.7 Å². The van der Waals surface area contributed by atoms with Crippen molar-refractivity contribution in [1.82, 2.24) is 10.5 Å². The molecule has 1 heterocycles. The van der Waals surface area contributed by atoms with Crippen molar-refractivity contribution in [1.29, 1.82) is 0 Å². The number of hydrogen-bond donors (Lipinski definition) is 2. The highest BCUT2D eigenvalue weighted by Crippen LogP contribution is 2.32. The second-order valence-electron chi connectivity index (χ2n) is 9.01. The highest BCUT2D eigenvalue weighted by Gasteiger charge is 2.22. The second-order valence-corrected chi connectivity index (χ2v) is 9.42. The third-order valence-electron chi connectivity index (χ3n) is 6.25. The van der Waals surface area contributed by atoms with Gasteiger partial charge >= 0.3 is 12.1 Å². The zero-order chi connectivity index (χ0) is 27.8. The Bertz CT molecular complexity index is 1410. The van der Waals surface area contributed by atoms with Gasteiger partial charge in [0.2, 0.25) is 0 Å². The maximum Gasteiger partial charge on any atom is 0.412 e. The van der Waals surface area contributed by atoms with Gasteiger partial charge < -0.3 is 19.3 Å². The lowest BCUT2D eigenvalue weighted by atomic mass is 10.0. The van der Waals surface area contributed by atoms with Crippen molar-refractivity contribution in [2.45, 2.75) is 39.0 Å². The van der Waals surface area contributed by atoms with Crippen LogP contribution in [0.1, 0.15) is 35.4 Å². The fourth-order valence-electron chi connectivity index (χ4n) is 4.12. The number of methoxy groups -OCH3 is 1. The third-order valence-corrected chi connectivity index (χ3v) is 6.60. The van der Waals surface area contributed by atoms with E-state index < -0.39 is 18.2 Å². The minimum atomic E-state index is -0.650. The van der Waals surface area contributed by atoms with Crippen LogP contribution in [0.15, 0.2) is 83.4 Å². The minimum Gasteiger partial charge on any atom is -0.468 e. The first-order valence-corrected chi connectivity index (χ1v) is 12.9. The normalized spacial score (nSPS) is 12.4. The van der Waals surface area contributed by atoms with E-state index in [2.05, 4.69) is 15.8 Å². The van der Waals surface area contributed by atoms with E-state index in [1.807, 2.05) is 72.8 Å². The molecule has 39 heavy (non-hydrogen) atoms. The van der Waals surface area contributed by atoms with Crippen molar-refractivity contribution in [2.24, 2.45) is 0 Å². The Balaban J connectivity index is 1.40. The molecule has 9 heteroatoms. The van der Waals surface area contributed by atoms with Crippen LogP contribution >= 0.6 is 11.6 Å². The van der Waals surface area contributed by atoms with Crippen molar-refractivity contribution in [3.8, 4) is 11.3 Å². The first-order chi connectivity index (χ1) is 18.9. The Labute approximate surface area is 232 Å². The molecule has 1 aromatic heterocycles.